The Kier molecular flexibility index (Phi) is 6.17. The highest BCUT2D eigenvalue weighted by Crippen LogP contribution is 2.16. The van der Waals surface area contributed by atoms with Gasteiger partial charge < -0.3 is 10.6 Å². The van der Waals surface area contributed by atoms with Gasteiger partial charge in [-0.3, -0.25) is 4.79 Å². The first-order valence-electron chi connectivity index (χ1n) is 8.38. The summed E-state index contributed by atoms with van der Waals surface area (Å²) >= 11 is 5.87. The number of amides is 1. The zero-order valence-corrected chi connectivity index (χ0v) is 14.9. The number of benzene rings is 2. The highest BCUT2D eigenvalue weighted by molar-refractivity contribution is 6.30. The molecule has 0 atom stereocenters. The van der Waals surface area contributed by atoms with Gasteiger partial charge in [0.1, 0.15) is 5.69 Å². The van der Waals surface area contributed by atoms with Gasteiger partial charge in [-0.05, 0) is 48.7 Å². The molecule has 0 fully saturated rings. The van der Waals surface area contributed by atoms with Gasteiger partial charge in [-0.15, -0.1) is 0 Å². The minimum Gasteiger partial charge on any atom is -0.351 e. The third kappa shape index (κ3) is 5.29. The zero-order valence-electron chi connectivity index (χ0n) is 14.2. The Morgan fingerprint density at radius 1 is 1.00 bits per heavy atom. The lowest BCUT2D eigenvalue weighted by atomic mass is 10.1. The molecule has 0 radical (unpaired) electrons. The number of nitrogens with one attached hydrogen (secondary N) is 2. The number of carbonyl (C=O) groups is 1. The molecule has 2 aromatic carbocycles. The number of rotatable bonds is 7. The quantitative estimate of drug-likeness (QED) is 0.614. The molecule has 1 amide bonds. The summed E-state index contributed by atoms with van der Waals surface area (Å²) in [5.74, 6) is 0.156. The van der Waals surface area contributed by atoms with E-state index in [-0.39, 0.29) is 5.91 Å². The van der Waals surface area contributed by atoms with Crippen LogP contribution < -0.4 is 10.6 Å². The maximum atomic E-state index is 12.3. The average molecular weight is 367 g/mol. The second-order valence-electron chi connectivity index (χ2n) is 5.74. The van der Waals surface area contributed by atoms with Crippen molar-refractivity contribution in [3.05, 3.63) is 83.1 Å². The lowest BCUT2D eigenvalue weighted by molar-refractivity contribution is 0.0948. The first-order valence-corrected chi connectivity index (χ1v) is 8.76. The van der Waals surface area contributed by atoms with Crippen molar-refractivity contribution in [2.75, 3.05) is 11.9 Å². The Bertz CT molecular complexity index is 853. The van der Waals surface area contributed by atoms with Gasteiger partial charge in [0.05, 0.1) is 0 Å². The third-order valence-electron chi connectivity index (χ3n) is 3.76. The van der Waals surface area contributed by atoms with Gasteiger partial charge >= 0.3 is 0 Å². The standard InChI is InChI=1S/C20H19ClN4O/c21-16-8-10-17(11-9-16)24-20-23-14-12-18(25-20)19(26)22-13-4-7-15-5-2-1-3-6-15/h1-3,5-6,8-12,14H,4,7,13H2,(H,22,26)(H,23,24,25). The normalized spacial score (nSPS) is 10.3. The van der Waals surface area contributed by atoms with Crippen molar-refractivity contribution in [2.45, 2.75) is 12.8 Å². The molecule has 132 valence electrons. The third-order valence-corrected chi connectivity index (χ3v) is 4.01. The second-order valence-corrected chi connectivity index (χ2v) is 6.18. The molecular formula is C20H19ClN4O. The van der Waals surface area contributed by atoms with E-state index in [2.05, 4.69) is 32.7 Å². The maximum Gasteiger partial charge on any atom is 0.270 e. The molecule has 26 heavy (non-hydrogen) atoms. The van der Waals surface area contributed by atoms with Gasteiger partial charge in [0, 0.05) is 23.5 Å². The number of halogens is 1. The van der Waals surface area contributed by atoms with Crippen molar-refractivity contribution in [3.63, 3.8) is 0 Å². The van der Waals surface area contributed by atoms with E-state index in [0.29, 0.717) is 23.2 Å². The molecule has 3 rings (SSSR count). The summed E-state index contributed by atoms with van der Waals surface area (Å²) < 4.78 is 0. The predicted molar refractivity (Wildman–Crippen MR) is 104 cm³/mol. The zero-order chi connectivity index (χ0) is 18.2. The van der Waals surface area contributed by atoms with Crippen LogP contribution in [-0.4, -0.2) is 22.4 Å². The van der Waals surface area contributed by atoms with E-state index >= 15 is 0 Å². The van der Waals surface area contributed by atoms with Crippen molar-refractivity contribution < 1.29 is 4.79 Å². The number of hydrogen-bond acceptors (Lipinski definition) is 4. The van der Waals surface area contributed by atoms with Crippen molar-refractivity contribution >= 4 is 29.1 Å². The van der Waals surface area contributed by atoms with Crippen molar-refractivity contribution in [1.29, 1.82) is 0 Å². The van der Waals surface area contributed by atoms with Crippen molar-refractivity contribution in [2.24, 2.45) is 0 Å². The monoisotopic (exact) mass is 366 g/mol. The van der Waals surface area contributed by atoms with Crippen LogP contribution in [0.5, 0.6) is 0 Å². The Morgan fingerprint density at radius 3 is 2.54 bits per heavy atom. The summed E-state index contributed by atoms with van der Waals surface area (Å²) in [5, 5.41) is 6.60. The van der Waals surface area contributed by atoms with Gasteiger partial charge in [-0.1, -0.05) is 41.9 Å². The van der Waals surface area contributed by atoms with Gasteiger partial charge in [0.15, 0.2) is 0 Å². The molecule has 0 saturated heterocycles. The molecular weight excluding hydrogens is 348 g/mol. The number of aryl methyl sites for hydroxylation is 1. The molecule has 0 unspecified atom stereocenters. The first kappa shape index (κ1) is 17.9. The number of aromatic nitrogens is 2. The molecule has 0 aliphatic carbocycles. The Hall–Kier alpha value is -2.92. The van der Waals surface area contributed by atoms with Crippen LogP contribution in [0.2, 0.25) is 5.02 Å². The summed E-state index contributed by atoms with van der Waals surface area (Å²) in [7, 11) is 0. The van der Waals surface area contributed by atoms with E-state index in [9.17, 15) is 4.79 Å². The average Bonchev–Trinajstić information content (AvgIpc) is 2.68. The van der Waals surface area contributed by atoms with Gasteiger partial charge in [0.2, 0.25) is 5.95 Å². The van der Waals surface area contributed by atoms with Crippen LogP contribution in [-0.2, 0) is 6.42 Å². The van der Waals surface area contributed by atoms with Crippen molar-refractivity contribution in [3.8, 4) is 0 Å². The van der Waals surface area contributed by atoms with E-state index in [1.54, 1.807) is 24.4 Å². The lowest BCUT2D eigenvalue weighted by Gasteiger charge is -2.07. The van der Waals surface area contributed by atoms with Crippen LogP contribution in [0.25, 0.3) is 0 Å². The highest BCUT2D eigenvalue weighted by atomic mass is 35.5. The van der Waals surface area contributed by atoms with Crippen LogP contribution >= 0.6 is 11.6 Å². The van der Waals surface area contributed by atoms with Gasteiger partial charge in [-0.25, -0.2) is 9.97 Å². The number of hydrogen-bond donors (Lipinski definition) is 2. The number of nitrogens with zero attached hydrogens (tertiary/aromatic N) is 2. The molecule has 0 spiro atoms. The van der Waals surface area contributed by atoms with E-state index < -0.39 is 0 Å². The lowest BCUT2D eigenvalue weighted by Crippen LogP contribution is -2.26. The van der Waals surface area contributed by atoms with Crippen LogP contribution in [0.4, 0.5) is 11.6 Å². The molecule has 0 bridgehead atoms. The Balaban J connectivity index is 1.52. The summed E-state index contributed by atoms with van der Waals surface area (Å²) in [6, 6.07) is 19.0. The van der Waals surface area contributed by atoms with E-state index in [1.165, 1.54) is 5.56 Å². The highest BCUT2D eigenvalue weighted by Gasteiger charge is 2.08. The molecule has 3 aromatic rings. The Morgan fingerprint density at radius 2 is 1.77 bits per heavy atom. The minimum absolute atomic E-state index is 0.209. The molecule has 6 heteroatoms. The SMILES string of the molecule is O=C(NCCCc1ccccc1)c1ccnc(Nc2ccc(Cl)cc2)n1. The molecule has 0 saturated carbocycles. The number of carbonyl (C=O) groups excluding carboxylic acids is 1. The minimum atomic E-state index is -0.209. The summed E-state index contributed by atoms with van der Waals surface area (Å²) in [6.45, 7) is 0.595. The van der Waals surface area contributed by atoms with E-state index in [4.69, 9.17) is 11.6 Å². The summed E-state index contributed by atoms with van der Waals surface area (Å²) in [4.78, 5) is 20.7. The summed E-state index contributed by atoms with van der Waals surface area (Å²) in [6.07, 6.45) is 3.36. The van der Waals surface area contributed by atoms with Crippen LogP contribution in [0, 0.1) is 0 Å². The molecule has 0 aliphatic heterocycles. The molecule has 0 aliphatic rings. The van der Waals surface area contributed by atoms with Crippen LogP contribution in [0.3, 0.4) is 0 Å². The van der Waals surface area contributed by atoms with Crippen LogP contribution in [0.15, 0.2) is 66.9 Å². The number of anilines is 2. The predicted octanol–water partition coefficient (Wildman–Crippen LogP) is 4.24. The van der Waals surface area contributed by atoms with Gasteiger partial charge in [0.25, 0.3) is 5.91 Å². The fourth-order valence-electron chi connectivity index (χ4n) is 2.44. The molecule has 5 nitrogen and oxygen atoms in total. The van der Waals surface area contributed by atoms with Crippen LogP contribution in [0.1, 0.15) is 22.5 Å². The summed E-state index contributed by atoms with van der Waals surface area (Å²) in [5.41, 5.74) is 2.39. The van der Waals surface area contributed by atoms with E-state index in [1.807, 2.05) is 30.3 Å². The molecule has 2 N–H and O–H groups in total. The molecule has 1 heterocycles. The van der Waals surface area contributed by atoms with Gasteiger partial charge in [-0.2, -0.15) is 0 Å². The fraction of sp³-hybridized carbons (Fsp3) is 0.150. The van der Waals surface area contributed by atoms with Crippen molar-refractivity contribution in [1.82, 2.24) is 15.3 Å². The molecule has 1 aromatic heterocycles. The maximum absolute atomic E-state index is 12.3. The van der Waals surface area contributed by atoms with E-state index in [0.717, 1.165) is 18.5 Å². The second kappa shape index (κ2) is 8.97. The Labute approximate surface area is 157 Å². The largest absolute Gasteiger partial charge is 0.351 e. The fourth-order valence-corrected chi connectivity index (χ4v) is 2.56. The topological polar surface area (TPSA) is 66.9 Å². The first-order chi connectivity index (χ1) is 12.7. The smallest absolute Gasteiger partial charge is 0.270 e.